The summed E-state index contributed by atoms with van der Waals surface area (Å²) in [4.78, 5) is 28.1. The van der Waals surface area contributed by atoms with Crippen molar-refractivity contribution in [3.05, 3.63) is 59.2 Å². The molecule has 2 heterocycles. The molecule has 0 fully saturated rings. The predicted octanol–water partition coefficient (Wildman–Crippen LogP) is 4.92. The average Bonchev–Trinajstić information content (AvgIpc) is 3.59. The second-order valence-corrected chi connectivity index (χ2v) is 9.39. The molecule has 0 radical (unpaired) electrons. The molecule has 0 amide bonds. The van der Waals surface area contributed by atoms with Crippen LogP contribution in [0.25, 0.3) is 11.8 Å². The summed E-state index contributed by atoms with van der Waals surface area (Å²) in [6, 6.07) is 8.75. The normalized spacial score (nSPS) is 12.3. The van der Waals surface area contributed by atoms with Crippen LogP contribution in [0.3, 0.4) is 0 Å². The second-order valence-electron chi connectivity index (χ2n) is 9.39. The number of fused-ring (bicyclic) bond motifs is 1. The quantitative estimate of drug-likeness (QED) is 0.193. The van der Waals surface area contributed by atoms with Gasteiger partial charge in [0.15, 0.2) is 11.5 Å². The summed E-state index contributed by atoms with van der Waals surface area (Å²) in [6.07, 6.45) is 6.08. The van der Waals surface area contributed by atoms with Crippen LogP contribution in [0.5, 0.6) is 28.7 Å². The Bertz CT molecular complexity index is 1430. The minimum atomic E-state index is -1.09. The van der Waals surface area contributed by atoms with Crippen molar-refractivity contribution in [3.63, 3.8) is 0 Å². The molecule has 0 bridgehead atoms. The highest BCUT2D eigenvalue weighted by Gasteiger charge is 2.22. The lowest BCUT2D eigenvalue weighted by atomic mass is 10.0. The van der Waals surface area contributed by atoms with Crippen molar-refractivity contribution in [2.45, 2.75) is 45.4 Å². The molecule has 1 aliphatic rings. The van der Waals surface area contributed by atoms with Gasteiger partial charge in [0.25, 0.3) is 0 Å². The number of imidazole rings is 1. The summed E-state index contributed by atoms with van der Waals surface area (Å²) in [5, 5.41) is 19.2. The van der Waals surface area contributed by atoms with Crippen LogP contribution in [-0.4, -0.2) is 59.3 Å². The Balaban J connectivity index is 1.76. The number of aliphatic carboxylic acids is 2. The van der Waals surface area contributed by atoms with Crippen LogP contribution in [0.2, 0.25) is 0 Å². The molecule has 3 aromatic rings. The van der Waals surface area contributed by atoms with Crippen LogP contribution in [0.1, 0.15) is 49.7 Å². The van der Waals surface area contributed by atoms with Gasteiger partial charge in [-0.05, 0) is 37.1 Å². The number of aryl methyl sites for hydroxylation is 1. The number of nitrogens with zero attached hydrogens (tertiary/aromatic N) is 2. The molecule has 41 heavy (non-hydrogen) atoms. The van der Waals surface area contributed by atoms with Gasteiger partial charge in [-0.25, -0.2) is 9.78 Å². The van der Waals surface area contributed by atoms with E-state index in [-0.39, 0.29) is 31.8 Å². The third-order valence-electron chi connectivity index (χ3n) is 6.57. The number of methoxy groups -OCH3 is 2. The fourth-order valence-corrected chi connectivity index (χ4v) is 4.49. The number of hydrogen-bond donors (Lipinski definition) is 2. The highest BCUT2D eigenvalue weighted by atomic mass is 16.7. The standard InChI is InChI=1S/C30H34N2O9/c1-4-5-7-28-31-17-21(32(28)23-10-9-22(37-2)15-25(23)39-11-6-8-29(33)34)13-20(30(35)36)12-19-14-26-27(41-18-40-26)16-24(19)38-3/h9-10,13-17H,4-8,11-12,18H2,1-3H3,(H,33,34)(H,35,36)/b20-13+. The topological polar surface area (TPSA) is 139 Å². The Kier molecular flexibility index (Phi) is 9.73. The van der Waals surface area contributed by atoms with Gasteiger partial charge in [-0.2, -0.15) is 0 Å². The van der Waals surface area contributed by atoms with Gasteiger partial charge in [0.05, 0.1) is 38.4 Å². The van der Waals surface area contributed by atoms with E-state index in [2.05, 4.69) is 11.9 Å². The number of carboxylic acids is 2. The van der Waals surface area contributed by atoms with Crippen LogP contribution in [-0.2, 0) is 22.4 Å². The molecule has 0 aliphatic carbocycles. The zero-order chi connectivity index (χ0) is 29.4. The molecule has 1 aliphatic heterocycles. The molecule has 11 heteroatoms. The number of hydrogen-bond acceptors (Lipinski definition) is 8. The Labute approximate surface area is 237 Å². The summed E-state index contributed by atoms with van der Waals surface area (Å²) >= 11 is 0. The molecule has 0 saturated carbocycles. The van der Waals surface area contributed by atoms with E-state index >= 15 is 0 Å². The number of aromatic nitrogens is 2. The first-order valence-electron chi connectivity index (χ1n) is 13.3. The Morgan fingerprint density at radius 1 is 1.05 bits per heavy atom. The van der Waals surface area contributed by atoms with Gasteiger partial charge in [0.1, 0.15) is 23.1 Å². The van der Waals surface area contributed by atoms with Gasteiger partial charge >= 0.3 is 11.9 Å². The van der Waals surface area contributed by atoms with Gasteiger partial charge in [-0.15, -0.1) is 0 Å². The van der Waals surface area contributed by atoms with E-state index in [1.54, 1.807) is 43.6 Å². The second kappa shape index (κ2) is 13.6. The van der Waals surface area contributed by atoms with Crippen LogP contribution < -0.4 is 23.7 Å². The highest BCUT2D eigenvalue weighted by molar-refractivity contribution is 5.92. The maximum atomic E-state index is 12.5. The van der Waals surface area contributed by atoms with Crippen molar-refractivity contribution in [2.75, 3.05) is 27.6 Å². The first kappa shape index (κ1) is 29.3. The molecule has 1 aromatic heterocycles. The van der Waals surface area contributed by atoms with Crippen molar-refractivity contribution < 1.29 is 43.5 Å². The van der Waals surface area contributed by atoms with Crippen molar-refractivity contribution in [3.8, 4) is 34.4 Å². The van der Waals surface area contributed by atoms with E-state index in [0.717, 1.165) is 18.7 Å². The van der Waals surface area contributed by atoms with Gasteiger partial charge in [-0.3, -0.25) is 9.36 Å². The lowest BCUT2D eigenvalue weighted by Crippen LogP contribution is -2.10. The molecule has 2 aromatic carbocycles. The molecule has 0 spiro atoms. The number of rotatable bonds is 15. The Morgan fingerprint density at radius 3 is 2.51 bits per heavy atom. The van der Waals surface area contributed by atoms with E-state index in [1.165, 1.54) is 7.11 Å². The van der Waals surface area contributed by atoms with Crippen LogP contribution in [0.15, 0.2) is 42.1 Å². The van der Waals surface area contributed by atoms with Gasteiger partial charge in [0.2, 0.25) is 6.79 Å². The van der Waals surface area contributed by atoms with Gasteiger partial charge in [0, 0.05) is 42.5 Å². The number of unbranched alkanes of at least 4 members (excludes halogenated alkanes) is 1. The van der Waals surface area contributed by atoms with Crippen molar-refractivity contribution in [2.24, 2.45) is 0 Å². The predicted molar refractivity (Wildman–Crippen MR) is 150 cm³/mol. The molecule has 218 valence electrons. The molecule has 0 unspecified atom stereocenters. The number of ether oxygens (including phenoxy) is 5. The summed E-state index contributed by atoms with van der Waals surface area (Å²) in [5.41, 5.74) is 1.94. The lowest BCUT2D eigenvalue weighted by Gasteiger charge is -2.17. The zero-order valence-electron chi connectivity index (χ0n) is 23.3. The van der Waals surface area contributed by atoms with Crippen LogP contribution in [0, 0.1) is 0 Å². The number of carboxylic acid groups (broad SMARTS) is 2. The Hall–Kier alpha value is -4.67. The van der Waals surface area contributed by atoms with E-state index < -0.39 is 11.9 Å². The summed E-state index contributed by atoms with van der Waals surface area (Å²) in [7, 11) is 3.06. The minimum Gasteiger partial charge on any atom is -0.497 e. The Morgan fingerprint density at radius 2 is 1.83 bits per heavy atom. The van der Waals surface area contributed by atoms with Gasteiger partial charge in [-0.1, -0.05) is 13.3 Å². The van der Waals surface area contributed by atoms with Gasteiger partial charge < -0.3 is 33.9 Å². The van der Waals surface area contributed by atoms with Crippen molar-refractivity contribution in [1.29, 1.82) is 0 Å². The third-order valence-corrected chi connectivity index (χ3v) is 6.57. The fourth-order valence-electron chi connectivity index (χ4n) is 4.49. The molecule has 0 atom stereocenters. The molecular formula is C30H34N2O9. The highest BCUT2D eigenvalue weighted by Crippen LogP contribution is 2.39. The maximum absolute atomic E-state index is 12.5. The molecule has 2 N–H and O–H groups in total. The van der Waals surface area contributed by atoms with Crippen LogP contribution in [0.4, 0.5) is 0 Å². The van der Waals surface area contributed by atoms with E-state index in [0.29, 0.717) is 58.5 Å². The number of carbonyl (C=O) groups is 2. The van der Waals surface area contributed by atoms with E-state index in [1.807, 2.05) is 10.6 Å². The smallest absolute Gasteiger partial charge is 0.331 e. The molecule has 0 saturated heterocycles. The third kappa shape index (κ3) is 7.10. The number of benzene rings is 2. The largest absolute Gasteiger partial charge is 0.497 e. The van der Waals surface area contributed by atoms with Crippen molar-refractivity contribution in [1.82, 2.24) is 9.55 Å². The zero-order valence-corrected chi connectivity index (χ0v) is 23.3. The first-order valence-corrected chi connectivity index (χ1v) is 13.3. The molecule has 11 nitrogen and oxygen atoms in total. The summed E-state index contributed by atoms with van der Waals surface area (Å²) < 4.78 is 29.7. The van der Waals surface area contributed by atoms with E-state index in [9.17, 15) is 14.7 Å². The summed E-state index contributed by atoms with van der Waals surface area (Å²) in [6.45, 7) is 2.35. The lowest BCUT2D eigenvalue weighted by molar-refractivity contribution is -0.137. The summed E-state index contributed by atoms with van der Waals surface area (Å²) in [5.74, 6) is 1.34. The average molecular weight is 567 g/mol. The maximum Gasteiger partial charge on any atom is 0.331 e. The molecule has 4 rings (SSSR count). The molecular weight excluding hydrogens is 532 g/mol. The van der Waals surface area contributed by atoms with Crippen LogP contribution >= 0.6 is 0 Å². The first-order chi connectivity index (χ1) is 19.8. The SMILES string of the molecule is CCCCc1ncc(/C=C(\Cc2cc3c(cc2OC)OCO3)C(=O)O)n1-c1ccc(OC)cc1OCCCC(=O)O. The minimum absolute atomic E-state index is 0.0224. The fraction of sp³-hybridized carbons (Fsp3) is 0.367. The monoisotopic (exact) mass is 566 g/mol. The van der Waals surface area contributed by atoms with E-state index in [4.69, 9.17) is 28.8 Å². The van der Waals surface area contributed by atoms with Crippen molar-refractivity contribution >= 4 is 18.0 Å².